The van der Waals surface area contributed by atoms with Crippen LogP contribution in [-0.2, 0) is 23.1 Å². The van der Waals surface area contributed by atoms with Crippen LogP contribution in [0.3, 0.4) is 0 Å². The Kier molecular flexibility index (Phi) is 5.54. The molecule has 3 rings (SSSR count). The topological polar surface area (TPSA) is 120 Å². The lowest BCUT2D eigenvalue weighted by Crippen LogP contribution is -2.29. The predicted octanol–water partition coefficient (Wildman–Crippen LogP) is 2.25. The van der Waals surface area contributed by atoms with E-state index < -0.39 is 29.0 Å². The lowest BCUT2D eigenvalue weighted by Gasteiger charge is -2.20. The summed E-state index contributed by atoms with van der Waals surface area (Å²) in [4.78, 5) is 41.1. The van der Waals surface area contributed by atoms with Gasteiger partial charge in [0.1, 0.15) is 29.7 Å². The first-order chi connectivity index (χ1) is 14.0. The van der Waals surface area contributed by atoms with Crippen LogP contribution in [-0.4, -0.2) is 36.9 Å². The summed E-state index contributed by atoms with van der Waals surface area (Å²) in [5.41, 5.74) is -0.603. The van der Waals surface area contributed by atoms with Crippen LogP contribution in [0.15, 0.2) is 35.5 Å². The molecule has 2 amide bonds. The second kappa shape index (κ2) is 7.93. The highest BCUT2D eigenvalue weighted by Crippen LogP contribution is 2.24. The standard InChI is InChI=1S/C19H21FN6O4/c1-19(2,3)30-18(29)24-13-6-5-11(20)7-14(13)23-15(27)9-26-10-21-16-12(17(26)28)8-22-25(16)4/h5-8,10H,9H2,1-4H3,(H,23,27)(H,24,29). The molecule has 0 aliphatic heterocycles. The van der Waals surface area contributed by atoms with Crippen LogP contribution >= 0.6 is 0 Å². The van der Waals surface area contributed by atoms with E-state index in [1.165, 1.54) is 23.3 Å². The van der Waals surface area contributed by atoms with Crippen molar-refractivity contribution in [1.82, 2.24) is 19.3 Å². The van der Waals surface area contributed by atoms with Crippen molar-refractivity contribution >= 4 is 34.4 Å². The van der Waals surface area contributed by atoms with Crippen molar-refractivity contribution in [3.05, 3.63) is 46.9 Å². The number of hydrogen-bond donors (Lipinski definition) is 2. The van der Waals surface area contributed by atoms with E-state index in [9.17, 15) is 18.8 Å². The van der Waals surface area contributed by atoms with E-state index in [1.54, 1.807) is 27.8 Å². The van der Waals surface area contributed by atoms with Gasteiger partial charge < -0.3 is 10.1 Å². The summed E-state index contributed by atoms with van der Waals surface area (Å²) in [6.45, 7) is 4.74. The summed E-state index contributed by atoms with van der Waals surface area (Å²) in [6.07, 6.45) is 1.85. The summed E-state index contributed by atoms with van der Waals surface area (Å²) in [5, 5.41) is 9.19. The third-order valence-electron chi connectivity index (χ3n) is 3.92. The van der Waals surface area contributed by atoms with Gasteiger partial charge in [0.15, 0.2) is 5.65 Å². The van der Waals surface area contributed by atoms with Crippen LogP contribution < -0.4 is 16.2 Å². The van der Waals surface area contributed by atoms with Gasteiger partial charge in [0, 0.05) is 7.05 Å². The summed E-state index contributed by atoms with van der Waals surface area (Å²) in [5.74, 6) is -1.23. The Balaban J connectivity index is 1.78. The fourth-order valence-electron chi connectivity index (χ4n) is 2.67. The maximum absolute atomic E-state index is 13.7. The molecule has 1 aromatic carbocycles. The van der Waals surface area contributed by atoms with Gasteiger partial charge in [-0.3, -0.25) is 24.2 Å². The van der Waals surface area contributed by atoms with Gasteiger partial charge in [-0.15, -0.1) is 0 Å². The Morgan fingerprint density at radius 3 is 2.63 bits per heavy atom. The minimum Gasteiger partial charge on any atom is -0.444 e. The van der Waals surface area contributed by atoms with E-state index in [0.29, 0.717) is 5.65 Å². The third-order valence-corrected chi connectivity index (χ3v) is 3.92. The Bertz CT molecular complexity index is 1180. The highest BCUT2D eigenvalue weighted by molar-refractivity contribution is 5.97. The van der Waals surface area contributed by atoms with E-state index >= 15 is 0 Å². The number of rotatable bonds is 4. The molecule has 0 aliphatic rings. The Labute approximate surface area is 170 Å². The molecular weight excluding hydrogens is 395 g/mol. The molecule has 11 heteroatoms. The number of carbonyl (C=O) groups excluding carboxylic acids is 2. The van der Waals surface area contributed by atoms with Crippen molar-refractivity contribution in [1.29, 1.82) is 0 Å². The largest absolute Gasteiger partial charge is 0.444 e. The lowest BCUT2D eigenvalue weighted by molar-refractivity contribution is -0.116. The Morgan fingerprint density at radius 1 is 1.20 bits per heavy atom. The van der Waals surface area contributed by atoms with E-state index in [1.807, 2.05) is 0 Å². The summed E-state index contributed by atoms with van der Waals surface area (Å²) >= 11 is 0. The fourth-order valence-corrected chi connectivity index (χ4v) is 2.67. The van der Waals surface area contributed by atoms with Crippen molar-refractivity contribution in [3.8, 4) is 0 Å². The monoisotopic (exact) mass is 416 g/mol. The smallest absolute Gasteiger partial charge is 0.412 e. The highest BCUT2D eigenvalue weighted by atomic mass is 19.1. The molecule has 0 atom stereocenters. The molecule has 0 saturated heterocycles. The van der Waals surface area contributed by atoms with Gasteiger partial charge in [-0.2, -0.15) is 5.10 Å². The van der Waals surface area contributed by atoms with Crippen molar-refractivity contribution < 1.29 is 18.7 Å². The van der Waals surface area contributed by atoms with Gasteiger partial charge in [-0.25, -0.2) is 14.2 Å². The molecular formula is C19H21FN6O4. The van der Waals surface area contributed by atoms with Crippen molar-refractivity contribution in [3.63, 3.8) is 0 Å². The number of ether oxygens (including phenoxy) is 1. The summed E-state index contributed by atoms with van der Waals surface area (Å²) in [7, 11) is 1.65. The average Bonchev–Trinajstić information content (AvgIpc) is 3.00. The average molecular weight is 416 g/mol. The molecule has 0 aliphatic carbocycles. The molecule has 30 heavy (non-hydrogen) atoms. The molecule has 0 unspecified atom stereocenters. The summed E-state index contributed by atoms with van der Waals surface area (Å²) < 4.78 is 21.4. The van der Waals surface area contributed by atoms with Crippen LogP contribution in [0.25, 0.3) is 11.0 Å². The molecule has 2 N–H and O–H groups in total. The minimum absolute atomic E-state index is 0.0225. The van der Waals surface area contributed by atoms with Crippen molar-refractivity contribution in [2.24, 2.45) is 7.05 Å². The number of benzene rings is 1. The molecule has 0 saturated carbocycles. The number of aryl methyl sites for hydroxylation is 1. The molecule has 2 aromatic heterocycles. The molecule has 0 spiro atoms. The second-order valence-electron chi connectivity index (χ2n) is 7.55. The van der Waals surface area contributed by atoms with Gasteiger partial charge in [0.05, 0.1) is 17.6 Å². The highest BCUT2D eigenvalue weighted by Gasteiger charge is 2.18. The number of nitrogens with zero attached hydrogens (tertiary/aromatic N) is 4. The maximum Gasteiger partial charge on any atom is 0.412 e. The van der Waals surface area contributed by atoms with Crippen molar-refractivity contribution in [2.45, 2.75) is 32.9 Å². The first-order valence-corrected chi connectivity index (χ1v) is 9.00. The zero-order chi connectivity index (χ0) is 22.1. The third kappa shape index (κ3) is 4.80. The Morgan fingerprint density at radius 2 is 1.93 bits per heavy atom. The van der Waals surface area contributed by atoms with Gasteiger partial charge in [-0.1, -0.05) is 0 Å². The quantitative estimate of drug-likeness (QED) is 0.673. The van der Waals surface area contributed by atoms with Gasteiger partial charge in [0.25, 0.3) is 5.56 Å². The molecule has 158 valence electrons. The number of carbonyl (C=O) groups is 2. The summed E-state index contributed by atoms with van der Waals surface area (Å²) in [6, 6.07) is 3.48. The molecule has 0 bridgehead atoms. The number of amides is 2. The predicted molar refractivity (Wildman–Crippen MR) is 108 cm³/mol. The van der Waals surface area contributed by atoms with E-state index in [2.05, 4.69) is 20.7 Å². The SMILES string of the molecule is Cn1ncc2c(=O)n(CC(=O)Nc3cc(F)ccc3NC(=O)OC(C)(C)C)cnc21. The second-order valence-corrected chi connectivity index (χ2v) is 7.55. The number of fused-ring (bicyclic) bond motifs is 1. The van der Waals surface area contributed by atoms with Gasteiger partial charge in [0.2, 0.25) is 5.91 Å². The van der Waals surface area contributed by atoms with Gasteiger partial charge in [-0.05, 0) is 39.0 Å². The van der Waals surface area contributed by atoms with Crippen LogP contribution in [0.1, 0.15) is 20.8 Å². The van der Waals surface area contributed by atoms with Crippen LogP contribution in [0, 0.1) is 5.82 Å². The van der Waals surface area contributed by atoms with Crippen molar-refractivity contribution in [2.75, 3.05) is 10.6 Å². The molecule has 0 fully saturated rings. The Hall–Kier alpha value is -3.76. The fraction of sp³-hybridized carbons (Fsp3) is 0.316. The van der Waals surface area contributed by atoms with Gasteiger partial charge >= 0.3 is 6.09 Å². The van der Waals surface area contributed by atoms with E-state index in [0.717, 1.165) is 16.7 Å². The minimum atomic E-state index is -0.757. The van der Waals surface area contributed by atoms with E-state index in [-0.39, 0.29) is 23.3 Å². The number of nitrogens with one attached hydrogen (secondary N) is 2. The number of anilines is 2. The molecule has 0 radical (unpaired) electrons. The normalized spacial score (nSPS) is 11.4. The molecule has 10 nitrogen and oxygen atoms in total. The number of hydrogen-bond acceptors (Lipinski definition) is 6. The number of aromatic nitrogens is 4. The lowest BCUT2D eigenvalue weighted by atomic mass is 10.2. The first kappa shape index (κ1) is 21.0. The maximum atomic E-state index is 13.7. The zero-order valence-electron chi connectivity index (χ0n) is 16.9. The van der Waals surface area contributed by atoms with Crippen LogP contribution in [0.4, 0.5) is 20.6 Å². The van der Waals surface area contributed by atoms with E-state index in [4.69, 9.17) is 4.74 Å². The van der Waals surface area contributed by atoms with Crippen LogP contribution in [0.2, 0.25) is 0 Å². The first-order valence-electron chi connectivity index (χ1n) is 9.00. The molecule has 2 heterocycles. The number of halogens is 1. The molecule has 3 aromatic rings. The van der Waals surface area contributed by atoms with Crippen LogP contribution in [0.5, 0.6) is 0 Å². The zero-order valence-corrected chi connectivity index (χ0v) is 16.9.